The van der Waals surface area contributed by atoms with Crippen molar-refractivity contribution in [3.63, 3.8) is 0 Å². The molecule has 2 atom stereocenters. The molecule has 0 aromatic heterocycles. The van der Waals surface area contributed by atoms with E-state index in [9.17, 15) is 4.79 Å². The van der Waals surface area contributed by atoms with E-state index in [4.69, 9.17) is 19.8 Å². The van der Waals surface area contributed by atoms with Gasteiger partial charge in [0.1, 0.15) is 12.4 Å². The third-order valence-electron chi connectivity index (χ3n) is 5.12. The molecule has 146 valence electrons. The van der Waals surface area contributed by atoms with Gasteiger partial charge in [-0.25, -0.2) is 4.79 Å². The van der Waals surface area contributed by atoms with Crippen LogP contribution in [-0.2, 0) is 16.0 Å². The molecule has 2 unspecified atom stereocenters. The van der Waals surface area contributed by atoms with E-state index in [1.165, 1.54) is 5.56 Å². The zero-order chi connectivity index (χ0) is 19.8. The quantitative estimate of drug-likeness (QED) is 0.692. The Morgan fingerprint density at radius 3 is 2.54 bits per heavy atom. The second-order valence-corrected chi connectivity index (χ2v) is 7.18. The van der Waals surface area contributed by atoms with Crippen LogP contribution in [0, 0.1) is 11.3 Å². The van der Waals surface area contributed by atoms with E-state index >= 15 is 0 Å². The lowest BCUT2D eigenvalue weighted by molar-refractivity contribution is -0.142. The summed E-state index contributed by atoms with van der Waals surface area (Å²) in [6, 6.07) is 18.0. The maximum absolute atomic E-state index is 10.5. The highest BCUT2D eigenvalue weighted by Gasteiger charge is 2.24. The van der Waals surface area contributed by atoms with Gasteiger partial charge in [-0.2, -0.15) is 5.26 Å². The van der Waals surface area contributed by atoms with E-state index in [0.29, 0.717) is 24.5 Å². The lowest BCUT2D eigenvalue weighted by Gasteiger charge is -2.30. The average molecular weight is 379 g/mol. The predicted octanol–water partition coefficient (Wildman–Crippen LogP) is 4.31. The number of hydrogen-bond donors (Lipinski definition) is 1. The molecule has 0 radical (unpaired) electrons. The van der Waals surface area contributed by atoms with Crippen LogP contribution in [0.15, 0.2) is 48.5 Å². The van der Waals surface area contributed by atoms with Gasteiger partial charge in [0.15, 0.2) is 0 Å². The molecule has 0 aliphatic heterocycles. The van der Waals surface area contributed by atoms with Crippen LogP contribution in [-0.4, -0.2) is 30.4 Å². The third-order valence-corrected chi connectivity index (χ3v) is 5.12. The zero-order valence-corrected chi connectivity index (χ0v) is 15.8. The number of nitriles is 1. The molecule has 1 N–H and O–H groups in total. The van der Waals surface area contributed by atoms with Crippen LogP contribution in [0.25, 0.3) is 0 Å². The van der Waals surface area contributed by atoms with Crippen LogP contribution in [0.1, 0.15) is 48.3 Å². The molecular weight excluding hydrogens is 354 g/mol. The minimum Gasteiger partial charge on any atom is -0.490 e. The standard InChI is InChI=1S/C23H25NO4/c24-15-18-6-10-21(11-7-18)28-22-3-1-2-20(14-22)19-8-4-17(5-9-19)12-13-27-16-23(25)26/h4-11,20,22H,1-3,12-14,16H2,(H,25,26). The number of carboxylic acid groups (broad SMARTS) is 1. The van der Waals surface area contributed by atoms with Crippen LogP contribution in [0.5, 0.6) is 5.75 Å². The van der Waals surface area contributed by atoms with Crippen molar-refractivity contribution in [1.29, 1.82) is 5.26 Å². The summed E-state index contributed by atoms with van der Waals surface area (Å²) in [5.74, 6) is 0.362. The van der Waals surface area contributed by atoms with Gasteiger partial charge in [-0.15, -0.1) is 0 Å². The van der Waals surface area contributed by atoms with E-state index in [1.54, 1.807) is 12.1 Å². The molecule has 2 aromatic rings. The van der Waals surface area contributed by atoms with E-state index in [1.807, 2.05) is 12.1 Å². The van der Waals surface area contributed by atoms with Gasteiger partial charge in [-0.1, -0.05) is 24.3 Å². The molecule has 1 aliphatic rings. The molecule has 0 spiro atoms. The Labute approximate surface area is 165 Å². The Balaban J connectivity index is 1.51. The topological polar surface area (TPSA) is 79.5 Å². The van der Waals surface area contributed by atoms with Crippen molar-refractivity contribution >= 4 is 5.97 Å². The number of hydrogen-bond acceptors (Lipinski definition) is 4. The molecule has 0 saturated heterocycles. The van der Waals surface area contributed by atoms with Gasteiger partial charge in [0.05, 0.1) is 24.3 Å². The smallest absolute Gasteiger partial charge is 0.329 e. The highest BCUT2D eigenvalue weighted by Crippen LogP contribution is 2.35. The molecule has 0 heterocycles. The second-order valence-electron chi connectivity index (χ2n) is 7.18. The summed E-state index contributed by atoms with van der Waals surface area (Å²) in [5.41, 5.74) is 3.11. The normalized spacial score (nSPS) is 19.0. The second kappa shape index (κ2) is 9.91. The van der Waals surface area contributed by atoms with Crippen LogP contribution >= 0.6 is 0 Å². The first kappa shape index (κ1) is 19.9. The molecule has 5 nitrogen and oxygen atoms in total. The lowest BCUT2D eigenvalue weighted by atomic mass is 9.82. The summed E-state index contributed by atoms with van der Waals surface area (Å²) in [6.07, 6.45) is 5.24. The Bertz CT molecular complexity index is 808. The molecule has 2 aromatic carbocycles. The van der Waals surface area contributed by atoms with Crippen molar-refractivity contribution in [3.05, 3.63) is 65.2 Å². The SMILES string of the molecule is N#Cc1ccc(OC2CCCC(c3ccc(CCOCC(=O)O)cc3)C2)cc1. The van der Waals surface area contributed by atoms with Gasteiger partial charge >= 0.3 is 5.97 Å². The molecule has 5 heteroatoms. The highest BCUT2D eigenvalue weighted by atomic mass is 16.5. The number of carboxylic acids is 1. The summed E-state index contributed by atoms with van der Waals surface area (Å²) in [5, 5.41) is 17.5. The molecule has 3 rings (SSSR count). The van der Waals surface area contributed by atoms with E-state index in [0.717, 1.165) is 37.0 Å². The molecule has 0 bridgehead atoms. The van der Waals surface area contributed by atoms with Gasteiger partial charge in [0, 0.05) is 0 Å². The summed E-state index contributed by atoms with van der Waals surface area (Å²) in [6.45, 7) is 0.163. The first-order chi connectivity index (χ1) is 13.6. The van der Waals surface area contributed by atoms with Crippen molar-refractivity contribution < 1.29 is 19.4 Å². The average Bonchev–Trinajstić information content (AvgIpc) is 2.72. The highest BCUT2D eigenvalue weighted by molar-refractivity contribution is 5.67. The molecule has 28 heavy (non-hydrogen) atoms. The van der Waals surface area contributed by atoms with Crippen molar-refractivity contribution in [2.24, 2.45) is 0 Å². The number of aliphatic carboxylic acids is 1. The molecule has 1 fully saturated rings. The molecule has 1 aliphatic carbocycles. The fourth-order valence-corrected chi connectivity index (χ4v) is 3.66. The van der Waals surface area contributed by atoms with Gasteiger partial charge in [-0.05, 0) is 73.4 Å². The summed E-state index contributed by atoms with van der Waals surface area (Å²) in [4.78, 5) is 10.5. The van der Waals surface area contributed by atoms with Crippen LogP contribution in [0.4, 0.5) is 0 Å². The van der Waals surface area contributed by atoms with E-state index in [-0.39, 0.29) is 12.7 Å². The number of ether oxygens (including phenoxy) is 2. The van der Waals surface area contributed by atoms with Crippen molar-refractivity contribution in [2.45, 2.75) is 44.1 Å². The lowest BCUT2D eigenvalue weighted by Crippen LogP contribution is -2.24. The molecule has 1 saturated carbocycles. The minimum absolute atomic E-state index is 0.191. The maximum atomic E-state index is 10.5. The van der Waals surface area contributed by atoms with Gasteiger partial charge in [0.25, 0.3) is 0 Å². The van der Waals surface area contributed by atoms with E-state index < -0.39 is 5.97 Å². The van der Waals surface area contributed by atoms with Crippen LogP contribution in [0.2, 0.25) is 0 Å². The Hall–Kier alpha value is -2.84. The molecule has 0 amide bonds. The maximum Gasteiger partial charge on any atom is 0.329 e. The number of benzene rings is 2. The van der Waals surface area contributed by atoms with Gasteiger partial charge < -0.3 is 14.6 Å². The third kappa shape index (κ3) is 5.83. The van der Waals surface area contributed by atoms with E-state index in [2.05, 4.69) is 30.3 Å². The summed E-state index contributed by atoms with van der Waals surface area (Å²) < 4.78 is 11.2. The Morgan fingerprint density at radius 2 is 1.86 bits per heavy atom. The van der Waals surface area contributed by atoms with Gasteiger partial charge in [0.2, 0.25) is 0 Å². The minimum atomic E-state index is -0.939. The van der Waals surface area contributed by atoms with Crippen molar-refractivity contribution in [1.82, 2.24) is 0 Å². The zero-order valence-electron chi connectivity index (χ0n) is 15.8. The number of nitrogens with zero attached hydrogens (tertiary/aromatic N) is 1. The summed E-state index contributed by atoms with van der Waals surface area (Å²) >= 11 is 0. The monoisotopic (exact) mass is 379 g/mol. The van der Waals surface area contributed by atoms with Crippen molar-refractivity contribution in [3.8, 4) is 11.8 Å². The van der Waals surface area contributed by atoms with Crippen LogP contribution in [0.3, 0.4) is 0 Å². The Morgan fingerprint density at radius 1 is 1.11 bits per heavy atom. The fraction of sp³-hybridized carbons (Fsp3) is 0.391. The Kier molecular flexibility index (Phi) is 7.05. The summed E-state index contributed by atoms with van der Waals surface area (Å²) in [7, 11) is 0. The number of rotatable bonds is 8. The predicted molar refractivity (Wildman–Crippen MR) is 105 cm³/mol. The molecular formula is C23H25NO4. The number of carbonyl (C=O) groups is 1. The largest absolute Gasteiger partial charge is 0.490 e. The van der Waals surface area contributed by atoms with Gasteiger partial charge in [-0.3, -0.25) is 0 Å². The van der Waals surface area contributed by atoms with Crippen molar-refractivity contribution in [2.75, 3.05) is 13.2 Å². The fourth-order valence-electron chi connectivity index (χ4n) is 3.66. The first-order valence-electron chi connectivity index (χ1n) is 9.69. The van der Waals surface area contributed by atoms with Crippen LogP contribution < -0.4 is 4.74 Å². The first-order valence-corrected chi connectivity index (χ1v) is 9.69.